The zero-order chi connectivity index (χ0) is 65.5. The first-order valence-corrected chi connectivity index (χ1v) is 41.2. The largest absolute Gasteiger partial charge is 0.756 e. The molecule has 0 aliphatic heterocycles. The summed E-state index contributed by atoms with van der Waals surface area (Å²) in [7, 11) is 1.19. The van der Waals surface area contributed by atoms with Crippen LogP contribution in [0.4, 0.5) is 0 Å². The average Bonchev–Trinajstić information content (AvgIpc) is 3.58. The molecule has 0 heterocycles. The van der Waals surface area contributed by atoms with Crippen molar-refractivity contribution >= 4 is 19.8 Å². The molecule has 9 nitrogen and oxygen atoms in total. The molecule has 0 aliphatic rings. The summed E-state index contributed by atoms with van der Waals surface area (Å²) in [6.07, 6.45) is 92.8. The quantitative estimate of drug-likeness (QED) is 0.0195. The van der Waals surface area contributed by atoms with Gasteiger partial charge in [-0.05, 0) is 70.6 Å². The summed E-state index contributed by atoms with van der Waals surface area (Å²) in [5.41, 5.74) is 0. The second-order valence-corrected chi connectivity index (χ2v) is 29.8. The van der Waals surface area contributed by atoms with E-state index in [2.05, 4.69) is 50.3 Å². The van der Waals surface area contributed by atoms with Crippen LogP contribution in [0.2, 0.25) is 0 Å². The van der Waals surface area contributed by atoms with Crippen LogP contribution >= 0.6 is 7.82 Å². The Balaban J connectivity index is 3.86. The second kappa shape index (κ2) is 71.5. The molecule has 0 bridgehead atoms. The van der Waals surface area contributed by atoms with Gasteiger partial charge in [-0.2, -0.15) is 0 Å². The Kier molecular flexibility index (Phi) is 70.1. The standard InChI is InChI=1S/C80H154NO8P/c1-6-8-10-12-14-16-18-20-22-24-26-28-30-32-33-34-35-36-37-38-39-40-41-42-43-44-45-46-47-49-50-52-54-56-58-60-62-64-66-68-70-72-79(82)86-76-78(77-88-90(84,85)87-75-74-81(3,4)5)89-80(83)73-71-69-67-65-63-61-59-57-55-53-51-48-31-29-27-25-23-21-19-17-15-13-11-9-7-2/h19,21,24-27,78H,6-18,20,22-23,28-77H2,1-5H3/b21-19-,26-24-,27-25-. The molecule has 0 fully saturated rings. The molecule has 0 aliphatic carbocycles. The van der Waals surface area contributed by atoms with Crippen LogP contribution in [0.25, 0.3) is 0 Å². The van der Waals surface area contributed by atoms with Crippen LogP contribution in [-0.4, -0.2) is 70.0 Å². The maximum absolute atomic E-state index is 12.9. The number of quaternary nitrogens is 1. The van der Waals surface area contributed by atoms with E-state index in [1.807, 2.05) is 21.1 Å². The van der Waals surface area contributed by atoms with Crippen molar-refractivity contribution in [3.05, 3.63) is 36.5 Å². The zero-order valence-corrected chi connectivity index (χ0v) is 61.8. The number of unbranched alkanes of at least 4 members (excludes halogenated alkanes) is 55. The maximum atomic E-state index is 12.9. The fourth-order valence-electron chi connectivity index (χ4n) is 12.0. The summed E-state index contributed by atoms with van der Waals surface area (Å²) >= 11 is 0. The van der Waals surface area contributed by atoms with Gasteiger partial charge in [-0.25, -0.2) is 0 Å². The monoisotopic (exact) mass is 1290 g/mol. The van der Waals surface area contributed by atoms with Crippen LogP contribution < -0.4 is 4.89 Å². The molecule has 2 unspecified atom stereocenters. The van der Waals surface area contributed by atoms with E-state index in [1.54, 1.807) is 0 Å². The van der Waals surface area contributed by atoms with Crippen molar-refractivity contribution in [2.45, 2.75) is 418 Å². The summed E-state index contributed by atoms with van der Waals surface area (Å²) in [6.45, 7) is 4.30. The topological polar surface area (TPSA) is 111 Å². The van der Waals surface area contributed by atoms with Gasteiger partial charge in [-0.15, -0.1) is 0 Å². The number of rotatable bonds is 75. The normalized spacial score (nSPS) is 13.2. The van der Waals surface area contributed by atoms with Gasteiger partial charge >= 0.3 is 11.9 Å². The first-order valence-electron chi connectivity index (χ1n) is 39.7. The van der Waals surface area contributed by atoms with Gasteiger partial charge in [-0.1, -0.05) is 365 Å². The van der Waals surface area contributed by atoms with Crippen molar-refractivity contribution in [1.29, 1.82) is 0 Å². The first-order chi connectivity index (χ1) is 44.0. The number of esters is 2. The number of likely N-dealkylation sites (N-methyl/N-ethyl adjacent to an activating group) is 1. The Bertz CT molecular complexity index is 1610. The van der Waals surface area contributed by atoms with E-state index in [1.165, 1.54) is 334 Å². The van der Waals surface area contributed by atoms with Crippen molar-refractivity contribution in [2.75, 3.05) is 47.5 Å². The summed E-state index contributed by atoms with van der Waals surface area (Å²) in [6, 6.07) is 0. The van der Waals surface area contributed by atoms with Crippen LogP contribution in [0.15, 0.2) is 36.5 Å². The van der Waals surface area contributed by atoms with Crippen LogP contribution in [0, 0.1) is 0 Å². The van der Waals surface area contributed by atoms with Gasteiger partial charge in [-0.3, -0.25) is 14.2 Å². The first kappa shape index (κ1) is 88.2. The third kappa shape index (κ3) is 75.3. The lowest BCUT2D eigenvalue weighted by atomic mass is 10.0. The van der Waals surface area contributed by atoms with E-state index in [-0.39, 0.29) is 32.0 Å². The smallest absolute Gasteiger partial charge is 0.306 e. The molecular formula is C80H154NO8P. The highest BCUT2D eigenvalue weighted by Crippen LogP contribution is 2.38. The van der Waals surface area contributed by atoms with Crippen molar-refractivity contribution in [3.63, 3.8) is 0 Å². The van der Waals surface area contributed by atoms with Crippen LogP contribution in [0.1, 0.15) is 412 Å². The number of phosphoric acid groups is 1. The molecule has 2 atom stereocenters. The number of ether oxygens (including phenoxy) is 2. The van der Waals surface area contributed by atoms with Crippen LogP contribution in [0.3, 0.4) is 0 Å². The van der Waals surface area contributed by atoms with Gasteiger partial charge in [0.2, 0.25) is 0 Å². The Hall–Kier alpha value is -1.77. The lowest BCUT2D eigenvalue weighted by Gasteiger charge is -2.28. The van der Waals surface area contributed by atoms with Gasteiger partial charge in [0.25, 0.3) is 7.82 Å². The highest BCUT2D eigenvalue weighted by molar-refractivity contribution is 7.45. The van der Waals surface area contributed by atoms with Crippen LogP contribution in [-0.2, 0) is 32.7 Å². The molecule has 0 spiro atoms. The van der Waals surface area contributed by atoms with Crippen molar-refractivity contribution in [3.8, 4) is 0 Å². The number of allylic oxidation sites excluding steroid dienone is 6. The SMILES string of the molecule is CCCCCCC/C=C\C/C=C\CCCCCCCCCCCCCCCC(=O)OC(COC(=O)CCCCCCCCCCCCCCCCCCCCCCCCCCCCCCC/C=C\CCCCCCCCCC)COP(=O)([O-])OCC[N+](C)(C)C. The van der Waals surface area contributed by atoms with Crippen molar-refractivity contribution < 1.29 is 42.1 Å². The van der Waals surface area contributed by atoms with E-state index in [9.17, 15) is 19.0 Å². The molecule has 0 N–H and O–H groups in total. The highest BCUT2D eigenvalue weighted by Gasteiger charge is 2.22. The van der Waals surface area contributed by atoms with E-state index >= 15 is 0 Å². The molecule has 10 heteroatoms. The zero-order valence-electron chi connectivity index (χ0n) is 60.9. The minimum absolute atomic E-state index is 0.0283. The number of nitrogens with zero attached hydrogens (tertiary/aromatic N) is 1. The molecule has 0 saturated carbocycles. The summed E-state index contributed by atoms with van der Waals surface area (Å²) in [5, 5.41) is 0. The third-order valence-electron chi connectivity index (χ3n) is 18.1. The van der Waals surface area contributed by atoms with Crippen molar-refractivity contribution in [2.24, 2.45) is 0 Å². The minimum atomic E-state index is -4.64. The van der Waals surface area contributed by atoms with E-state index in [4.69, 9.17) is 18.5 Å². The summed E-state index contributed by atoms with van der Waals surface area (Å²) in [4.78, 5) is 38.1. The van der Waals surface area contributed by atoms with Gasteiger partial charge in [0.05, 0.1) is 27.7 Å². The Morgan fingerprint density at radius 2 is 0.600 bits per heavy atom. The lowest BCUT2D eigenvalue weighted by molar-refractivity contribution is -0.870. The molecule has 0 radical (unpaired) electrons. The lowest BCUT2D eigenvalue weighted by Crippen LogP contribution is -2.37. The number of hydrogen-bond acceptors (Lipinski definition) is 8. The average molecular weight is 1290 g/mol. The molecular weight excluding hydrogens is 1130 g/mol. The van der Waals surface area contributed by atoms with Gasteiger partial charge in [0.15, 0.2) is 6.10 Å². The summed E-state index contributed by atoms with van der Waals surface area (Å²) < 4.78 is 34.4. The van der Waals surface area contributed by atoms with E-state index in [0.29, 0.717) is 17.4 Å². The van der Waals surface area contributed by atoms with E-state index < -0.39 is 26.5 Å². The number of carbonyl (C=O) groups excluding carboxylic acids is 2. The van der Waals surface area contributed by atoms with Crippen LogP contribution in [0.5, 0.6) is 0 Å². The molecule has 90 heavy (non-hydrogen) atoms. The molecule has 532 valence electrons. The van der Waals surface area contributed by atoms with Gasteiger partial charge in [0, 0.05) is 12.8 Å². The molecule has 0 aromatic carbocycles. The minimum Gasteiger partial charge on any atom is -0.756 e. The maximum Gasteiger partial charge on any atom is 0.306 e. The van der Waals surface area contributed by atoms with Crippen molar-refractivity contribution in [1.82, 2.24) is 0 Å². The third-order valence-corrected chi connectivity index (χ3v) is 19.1. The highest BCUT2D eigenvalue weighted by atomic mass is 31.2. The summed E-state index contributed by atoms with van der Waals surface area (Å²) in [5.74, 6) is -0.812. The fourth-order valence-corrected chi connectivity index (χ4v) is 12.8. The Labute approximate surface area is 561 Å². The molecule has 0 rings (SSSR count). The fraction of sp³-hybridized carbons (Fsp3) is 0.900. The molecule has 0 saturated heterocycles. The molecule has 0 aromatic heterocycles. The number of hydrogen-bond donors (Lipinski definition) is 0. The molecule has 0 aromatic rings. The Morgan fingerprint density at radius 3 is 0.889 bits per heavy atom. The number of phosphoric ester groups is 1. The van der Waals surface area contributed by atoms with Gasteiger partial charge in [0.1, 0.15) is 19.8 Å². The van der Waals surface area contributed by atoms with E-state index in [0.717, 1.165) is 44.9 Å². The predicted octanol–water partition coefficient (Wildman–Crippen LogP) is 25.5. The number of carbonyl (C=O) groups is 2. The molecule has 0 amide bonds. The second-order valence-electron chi connectivity index (χ2n) is 28.4. The van der Waals surface area contributed by atoms with Gasteiger partial charge < -0.3 is 27.9 Å². The predicted molar refractivity (Wildman–Crippen MR) is 388 cm³/mol. The Morgan fingerprint density at radius 1 is 0.344 bits per heavy atom.